The van der Waals surface area contributed by atoms with E-state index in [0.717, 1.165) is 0 Å². The van der Waals surface area contributed by atoms with Gasteiger partial charge >= 0.3 is 5.69 Å². The third-order valence-electron chi connectivity index (χ3n) is 2.84. The molecule has 0 fully saturated rings. The highest BCUT2D eigenvalue weighted by atomic mass is 16.5. The molecule has 20 heavy (non-hydrogen) atoms. The number of hydrogen-bond donors (Lipinski definition) is 3. The molecule has 0 spiro atoms. The monoisotopic (exact) mass is 279 g/mol. The summed E-state index contributed by atoms with van der Waals surface area (Å²) in [6.45, 7) is 1.69. The zero-order chi connectivity index (χ0) is 14.5. The molecule has 0 aliphatic rings. The lowest BCUT2D eigenvalue weighted by molar-refractivity contribution is 0.205. The van der Waals surface area contributed by atoms with Crippen LogP contribution in [0.5, 0.6) is 0 Å². The molecule has 0 aromatic carbocycles. The molecule has 108 valence electrons. The molecule has 0 aliphatic carbocycles. The fraction of sp³-hybridized carbons (Fsp3) is 0.455. The molecule has 2 heterocycles. The number of aromatic nitrogens is 4. The summed E-state index contributed by atoms with van der Waals surface area (Å²) in [5.74, 6) is 0.777. The van der Waals surface area contributed by atoms with Gasteiger partial charge in [0, 0.05) is 32.7 Å². The predicted molar refractivity (Wildman–Crippen MR) is 74.2 cm³/mol. The lowest BCUT2D eigenvalue weighted by atomic mass is 10.3. The summed E-state index contributed by atoms with van der Waals surface area (Å²) in [6.07, 6.45) is 1.86. The van der Waals surface area contributed by atoms with Gasteiger partial charge in [-0.15, -0.1) is 0 Å². The van der Waals surface area contributed by atoms with Gasteiger partial charge in [-0.3, -0.25) is 5.41 Å². The minimum Gasteiger partial charge on any atom is -0.388 e. The minimum absolute atomic E-state index is 0.115. The lowest BCUT2D eigenvalue weighted by Gasteiger charge is -2.22. The summed E-state index contributed by atoms with van der Waals surface area (Å²) in [7, 11) is 1.62. The molecule has 0 radical (unpaired) electrons. The van der Waals surface area contributed by atoms with Crippen LogP contribution in [0.15, 0.2) is 17.2 Å². The smallest absolute Gasteiger partial charge is 0.348 e. The standard InChI is InChI=1S/C11H17N7O2/c1-20-5-4-17(3-2-8(12)13)9-6-10-15-16-11(19)18(10)7-14-9/h6-7H,2-5H2,1H3,(H3,12,13)(H,16,19). The van der Waals surface area contributed by atoms with Gasteiger partial charge in [0.05, 0.1) is 12.4 Å². The van der Waals surface area contributed by atoms with Crippen molar-refractivity contribution in [1.82, 2.24) is 19.6 Å². The van der Waals surface area contributed by atoms with Crippen LogP contribution in [0.4, 0.5) is 5.82 Å². The molecule has 0 unspecified atom stereocenters. The van der Waals surface area contributed by atoms with E-state index in [1.165, 1.54) is 10.7 Å². The van der Waals surface area contributed by atoms with E-state index < -0.39 is 0 Å². The summed E-state index contributed by atoms with van der Waals surface area (Å²) in [4.78, 5) is 17.5. The van der Waals surface area contributed by atoms with Crippen LogP contribution in [0, 0.1) is 5.41 Å². The van der Waals surface area contributed by atoms with Crippen LogP contribution >= 0.6 is 0 Å². The summed E-state index contributed by atoms with van der Waals surface area (Å²) in [5.41, 5.74) is 5.55. The molecule has 4 N–H and O–H groups in total. The zero-order valence-corrected chi connectivity index (χ0v) is 11.2. The average molecular weight is 279 g/mol. The van der Waals surface area contributed by atoms with Crippen LogP contribution < -0.4 is 16.3 Å². The molecule has 9 heteroatoms. The van der Waals surface area contributed by atoms with Crippen LogP contribution in [0.2, 0.25) is 0 Å². The second kappa shape index (κ2) is 6.15. The second-order valence-corrected chi connectivity index (χ2v) is 4.26. The first-order valence-corrected chi connectivity index (χ1v) is 6.11. The van der Waals surface area contributed by atoms with Crippen LogP contribution in [-0.2, 0) is 4.74 Å². The van der Waals surface area contributed by atoms with E-state index >= 15 is 0 Å². The number of methoxy groups -OCH3 is 1. The molecule has 2 aromatic heterocycles. The van der Waals surface area contributed by atoms with Crippen LogP contribution in [0.1, 0.15) is 6.42 Å². The Bertz CT molecular complexity index is 648. The first-order chi connectivity index (χ1) is 9.61. The van der Waals surface area contributed by atoms with Crippen molar-refractivity contribution in [1.29, 1.82) is 5.41 Å². The van der Waals surface area contributed by atoms with Gasteiger partial charge in [0.25, 0.3) is 0 Å². The van der Waals surface area contributed by atoms with E-state index in [4.69, 9.17) is 15.9 Å². The van der Waals surface area contributed by atoms with Crippen molar-refractivity contribution in [3.63, 3.8) is 0 Å². The number of nitrogens with zero attached hydrogens (tertiary/aromatic N) is 4. The Labute approximate surface area is 114 Å². The molecule has 0 amide bonds. The Kier molecular flexibility index (Phi) is 4.31. The number of fused-ring (bicyclic) bond motifs is 1. The zero-order valence-electron chi connectivity index (χ0n) is 11.2. The van der Waals surface area contributed by atoms with Gasteiger partial charge in [0.2, 0.25) is 0 Å². The maximum absolute atomic E-state index is 11.4. The summed E-state index contributed by atoms with van der Waals surface area (Å²) in [5, 5.41) is 13.6. The van der Waals surface area contributed by atoms with Crippen LogP contribution in [0.3, 0.4) is 0 Å². The SMILES string of the molecule is COCCN(CCC(=N)N)c1cc2n[nH]c(=O)n2cn1. The number of nitrogens with one attached hydrogen (secondary N) is 2. The fourth-order valence-electron chi connectivity index (χ4n) is 1.77. The van der Waals surface area contributed by atoms with Gasteiger partial charge in [-0.25, -0.2) is 19.3 Å². The summed E-state index contributed by atoms with van der Waals surface area (Å²) < 4.78 is 6.38. The number of amidine groups is 1. The third kappa shape index (κ3) is 3.12. The molecule has 0 bridgehead atoms. The molecule has 2 aromatic rings. The number of anilines is 1. The topological polar surface area (TPSA) is 125 Å². The summed E-state index contributed by atoms with van der Waals surface area (Å²) >= 11 is 0. The van der Waals surface area contributed by atoms with Gasteiger partial charge in [-0.1, -0.05) is 0 Å². The predicted octanol–water partition coefficient (Wildman–Crippen LogP) is -0.804. The van der Waals surface area contributed by atoms with E-state index in [1.54, 1.807) is 13.2 Å². The normalized spacial score (nSPS) is 10.8. The number of rotatable bonds is 7. The lowest BCUT2D eigenvalue weighted by Crippen LogP contribution is -2.31. The number of nitrogens with two attached hydrogens (primary N) is 1. The number of aromatic amines is 1. The highest BCUT2D eigenvalue weighted by Crippen LogP contribution is 2.11. The molecule has 9 nitrogen and oxygen atoms in total. The van der Waals surface area contributed by atoms with Gasteiger partial charge in [0.1, 0.15) is 12.1 Å². The summed E-state index contributed by atoms with van der Waals surface area (Å²) in [6, 6.07) is 1.70. The molecular weight excluding hydrogens is 262 g/mol. The van der Waals surface area contributed by atoms with E-state index in [1.807, 2.05) is 4.90 Å². The van der Waals surface area contributed by atoms with Crippen molar-refractivity contribution in [2.45, 2.75) is 6.42 Å². The minimum atomic E-state index is -0.328. The Morgan fingerprint density at radius 1 is 1.60 bits per heavy atom. The Balaban J connectivity index is 2.24. The quantitative estimate of drug-likeness (QED) is 0.450. The number of H-pyrrole nitrogens is 1. The first kappa shape index (κ1) is 14.0. The van der Waals surface area contributed by atoms with Crippen LogP contribution in [0.25, 0.3) is 5.65 Å². The van der Waals surface area contributed by atoms with Gasteiger partial charge in [-0.05, 0) is 0 Å². The van der Waals surface area contributed by atoms with E-state index in [9.17, 15) is 4.79 Å². The Hall–Kier alpha value is -2.42. The second-order valence-electron chi connectivity index (χ2n) is 4.26. The van der Waals surface area contributed by atoms with Crippen LogP contribution in [-0.4, -0.2) is 52.2 Å². The molecular formula is C11H17N7O2. The molecule has 0 atom stereocenters. The molecule has 0 saturated heterocycles. The molecule has 0 aliphatic heterocycles. The Morgan fingerprint density at radius 2 is 2.40 bits per heavy atom. The van der Waals surface area contributed by atoms with Gasteiger partial charge < -0.3 is 15.4 Å². The van der Waals surface area contributed by atoms with Crippen molar-refractivity contribution < 1.29 is 4.74 Å². The maximum atomic E-state index is 11.4. The van der Waals surface area contributed by atoms with E-state index in [2.05, 4.69) is 15.2 Å². The highest BCUT2D eigenvalue weighted by molar-refractivity contribution is 5.77. The van der Waals surface area contributed by atoms with Crippen molar-refractivity contribution in [2.24, 2.45) is 5.73 Å². The number of ether oxygens (including phenoxy) is 1. The fourth-order valence-corrected chi connectivity index (χ4v) is 1.77. The molecule has 0 saturated carbocycles. The Morgan fingerprint density at radius 3 is 3.10 bits per heavy atom. The van der Waals surface area contributed by atoms with Crippen molar-refractivity contribution in [3.8, 4) is 0 Å². The van der Waals surface area contributed by atoms with E-state index in [-0.39, 0.29) is 11.5 Å². The van der Waals surface area contributed by atoms with Crippen molar-refractivity contribution in [2.75, 3.05) is 31.7 Å². The maximum Gasteiger partial charge on any atom is 0.348 e. The average Bonchev–Trinajstić information content (AvgIpc) is 2.80. The van der Waals surface area contributed by atoms with Gasteiger partial charge in [-0.2, -0.15) is 5.10 Å². The first-order valence-electron chi connectivity index (χ1n) is 6.11. The molecule has 2 rings (SSSR count). The number of hydrogen-bond acceptors (Lipinski definition) is 6. The largest absolute Gasteiger partial charge is 0.388 e. The highest BCUT2D eigenvalue weighted by Gasteiger charge is 2.10. The third-order valence-corrected chi connectivity index (χ3v) is 2.84. The van der Waals surface area contributed by atoms with Crippen molar-refractivity contribution in [3.05, 3.63) is 22.9 Å². The van der Waals surface area contributed by atoms with Gasteiger partial charge in [0.15, 0.2) is 5.65 Å². The van der Waals surface area contributed by atoms with E-state index in [0.29, 0.717) is 37.6 Å². The van der Waals surface area contributed by atoms with Crippen molar-refractivity contribution >= 4 is 17.3 Å².